The number of nitrogens with one attached hydrogen (secondary N) is 1. The lowest BCUT2D eigenvalue weighted by molar-refractivity contribution is 0.449. The predicted molar refractivity (Wildman–Crippen MR) is 64.7 cm³/mol. The van der Waals surface area contributed by atoms with Crippen molar-refractivity contribution in [2.45, 2.75) is 44.4 Å². The summed E-state index contributed by atoms with van der Waals surface area (Å²) >= 11 is 0. The molecule has 1 aliphatic carbocycles. The molecule has 1 atom stereocenters. The fraction of sp³-hybridized carbons (Fsp3) is 0.769. The largest absolute Gasteiger partial charge is 0.316 e. The summed E-state index contributed by atoms with van der Waals surface area (Å²) in [6, 6.07) is 0. The Balaban J connectivity index is 1.93. The molecule has 0 spiro atoms. The minimum absolute atomic E-state index is 0.668. The van der Waals surface area contributed by atoms with E-state index in [-0.39, 0.29) is 0 Å². The van der Waals surface area contributed by atoms with Gasteiger partial charge in [-0.25, -0.2) is 0 Å². The van der Waals surface area contributed by atoms with Crippen LogP contribution in [-0.2, 0) is 19.9 Å². The SMILES string of the molecule is Cn1nc([C@H]2CCCNC2)c2c1CCCC2. The topological polar surface area (TPSA) is 29.9 Å². The van der Waals surface area contributed by atoms with Crippen molar-refractivity contribution in [3.05, 3.63) is 17.0 Å². The van der Waals surface area contributed by atoms with Gasteiger partial charge in [-0.05, 0) is 50.6 Å². The lowest BCUT2D eigenvalue weighted by Gasteiger charge is -2.23. The van der Waals surface area contributed by atoms with Crippen LogP contribution in [0.4, 0.5) is 0 Å². The first-order valence-corrected chi connectivity index (χ1v) is 6.61. The maximum Gasteiger partial charge on any atom is 0.0702 e. The van der Waals surface area contributed by atoms with Gasteiger partial charge in [-0.15, -0.1) is 0 Å². The number of aromatic nitrogens is 2. The van der Waals surface area contributed by atoms with E-state index in [4.69, 9.17) is 5.10 Å². The first-order valence-electron chi connectivity index (χ1n) is 6.61. The van der Waals surface area contributed by atoms with Crippen LogP contribution in [0, 0.1) is 0 Å². The molecule has 3 nitrogen and oxygen atoms in total. The van der Waals surface area contributed by atoms with Crippen molar-refractivity contribution in [3.63, 3.8) is 0 Å². The summed E-state index contributed by atoms with van der Waals surface area (Å²) in [7, 11) is 2.11. The molecule has 0 radical (unpaired) electrons. The van der Waals surface area contributed by atoms with Crippen molar-refractivity contribution in [1.29, 1.82) is 0 Å². The highest BCUT2D eigenvalue weighted by molar-refractivity contribution is 5.31. The second kappa shape index (κ2) is 4.21. The molecule has 0 saturated carbocycles. The maximum absolute atomic E-state index is 4.79. The van der Waals surface area contributed by atoms with Crippen molar-refractivity contribution in [2.24, 2.45) is 7.05 Å². The molecule has 3 heteroatoms. The second-order valence-electron chi connectivity index (χ2n) is 5.18. The quantitative estimate of drug-likeness (QED) is 0.780. The highest BCUT2D eigenvalue weighted by atomic mass is 15.3. The van der Waals surface area contributed by atoms with E-state index in [0.29, 0.717) is 5.92 Å². The minimum Gasteiger partial charge on any atom is -0.316 e. The molecule has 0 aromatic carbocycles. The molecule has 0 amide bonds. The van der Waals surface area contributed by atoms with Crippen LogP contribution in [0.25, 0.3) is 0 Å². The molecule has 1 aromatic rings. The molecule has 2 aliphatic rings. The van der Waals surface area contributed by atoms with Crippen molar-refractivity contribution in [1.82, 2.24) is 15.1 Å². The molecule has 3 rings (SSSR count). The van der Waals surface area contributed by atoms with Gasteiger partial charge in [0.25, 0.3) is 0 Å². The zero-order valence-electron chi connectivity index (χ0n) is 10.1. The van der Waals surface area contributed by atoms with Crippen LogP contribution in [0.1, 0.15) is 48.6 Å². The minimum atomic E-state index is 0.668. The Morgan fingerprint density at radius 2 is 2.12 bits per heavy atom. The Kier molecular flexibility index (Phi) is 2.72. The molecular weight excluding hydrogens is 198 g/mol. The Hall–Kier alpha value is -0.830. The number of hydrogen-bond acceptors (Lipinski definition) is 2. The van der Waals surface area contributed by atoms with Crippen LogP contribution in [0.15, 0.2) is 0 Å². The molecule has 1 saturated heterocycles. The van der Waals surface area contributed by atoms with Gasteiger partial charge in [0, 0.05) is 25.2 Å². The highest BCUT2D eigenvalue weighted by Crippen LogP contribution is 2.31. The van der Waals surface area contributed by atoms with E-state index in [0.717, 1.165) is 6.54 Å². The number of hydrogen-bond donors (Lipinski definition) is 1. The van der Waals surface area contributed by atoms with E-state index in [9.17, 15) is 0 Å². The molecule has 16 heavy (non-hydrogen) atoms. The Morgan fingerprint density at radius 1 is 1.25 bits per heavy atom. The smallest absolute Gasteiger partial charge is 0.0702 e. The molecule has 1 aliphatic heterocycles. The summed E-state index contributed by atoms with van der Waals surface area (Å²) < 4.78 is 2.14. The van der Waals surface area contributed by atoms with Gasteiger partial charge < -0.3 is 5.32 Å². The average molecular weight is 219 g/mol. The van der Waals surface area contributed by atoms with Crippen molar-refractivity contribution >= 4 is 0 Å². The van der Waals surface area contributed by atoms with Gasteiger partial charge in [-0.3, -0.25) is 4.68 Å². The molecule has 1 fully saturated rings. The van der Waals surface area contributed by atoms with Crippen LogP contribution >= 0.6 is 0 Å². The molecule has 1 aromatic heterocycles. The Morgan fingerprint density at radius 3 is 2.94 bits per heavy atom. The van der Waals surface area contributed by atoms with Gasteiger partial charge in [0.1, 0.15) is 0 Å². The van der Waals surface area contributed by atoms with Crippen LogP contribution < -0.4 is 5.32 Å². The third kappa shape index (κ3) is 1.67. The van der Waals surface area contributed by atoms with Crippen molar-refractivity contribution in [2.75, 3.05) is 13.1 Å². The maximum atomic E-state index is 4.79. The molecule has 88 valence electrons. The van der Waals surface area contributed by atoms with E-state index in [2.05, 4.69) is 17.0 Å². The Bertz CT molecular complexity index is 375. The van der Waals surface area contributed by atoms with Gasteiger partial charge >= 0.3 is 0 Å². The zero-order valence-corrected chi connectivity index (χ0v) is 10.1. The summed E-state index contributed by atoms with van der Waals surface area (Å²) in [5.74, 6) is 0.668. The molecular formula is C13H21N3. The van der Waals surface area contributed by atoms with E-state index >= 15 is 0 Å². The van der Waals surface area contributed by atoms with E-state index < -0.39 is 0 Å². The predicted octanol–water partition coefficient (Wildman–Crippen LogP) is 1.77. The fourth-order valence-corrected chi connectivity index (χ4v) is 3.22. The van der Waals surface area contributed by atoms with E-state index in [1.54, 1.807) is 5.56 Å². The Labute approximate surface area is 97.2 Å². The summed E-state index contributed by atoms with van der Waals surface area (Å²) in [5, 5.41) is 8.29. The van der Waals surface area contributed by atoms with Gasteiger partial charge in [-0.1, -0.05) is 0 Å². The van der Waals surface area contributed by atoms with Crippen LogP contribution in [-0.4, -0.2) is 22.9 Å². The van der Waals surface area contributed by atoms with Gasteiger partial charge in [0.2, 0.25) is 0 Å². The number of aryl methyl sites for hydroxylation is 1. The number of fused-ring (bicyclic) bond motifs is 1. The first kappa shape index (κ1) is 10.3. The zero-order chi connectivity index (χ0) is 11.0. The standard InChI is InChI=1S/C13H21N3/c1-16-12-7-3-2-6-11(12)13(15-16)10-5-4-8-14-9-10/h10,14H,2-9H2,1H3/t10-/m0/s1. The number of piperidine rings is 1. The van der Waals surface area contributed by atoms with Gasteiger partial charge in [0.15, 0.2) is 0 Å². The average Bonchev–Trinajstić information content (AvgIpc) is 2.69. The second-order valence-corrected chi connectivity index (χ2v) is 5.18. The lowest BCUT2D eigenvalue weighted by atomic mass is 9.88. The monoisotopic (exact) mass is 219 g/mol. The van der Waals surface area contributed by atoms with Gasteiger partial charge in [-0.2, -0.15) is 5.10 Å². The first-order chi connectivity index (χ1) is 7.86. The van der Waals surface area contributed by atoms with E-state index in [1.807, 2.05) is 0 Å². The summed E-state index contributed by atoms with van der Waals surface area (Å²) in [6.07, 6.45) is 7.81. The number of rotatable bonds is 1. The van der Waals surface area contributed by atoms with Crippen LogP contribution in [0.5, 0.6) is 0 Å². The van der Waals surface area contributed by atoms with Crippen LogP contribution in [0.3, 0.4) is 0 Å². The third-order valence-corrected chi connectivity index (χ3v) is 4.08. The highest BCUT2D eigenvalue weighted by Gasteiger charge is 2.25. The molecule has 0 unspecified atom stereocenters. The summed E-state index contributed by atoms with van der Waals surface area (Å²) in [6.45, 7) is 2.31. The van der Waals surface area contributed by atoms with Gasteiger partial charge in [0.05, 0.1) is 5.69 Å². The van der Waals surface area contributed by atoms with Crippen LogP contribution in [0.2, 0.25) is 0 Å². The normalized spacial score (nSPS) is 25.4. The van der Waals surface area contributed by atoms with E-state index in [1.165, 1.54) is 56.5 Å². The molecule has 1 N–H and O–H groups in total. The van der Waals surface area contributed by atoms with Crippen molar-refractivity contribution in [3.8, 4) is 0 Å². The summed E-state index contributed by atoms with van der Waals surface area (Å²) in [4.78, 5) is 0. The fourth-order valence-electron chi connectivity index (χ4n) is 3.22. The summed E-state index contributed by atoms with van der Waals surface area (Å²) in [5.41, 5.74) is 4.50. The third-order valence-electron chi connectivity index (χ3n) is 4.08. The molecule has 2 heterocycles. The number of nitrogens with zero attached hydrogens (tertiary/aromatic N) is 2. The molecule has 0 bridgehead atoms. The van der Waals surface area contributed by atoms with Crippen molar-refractivity contribution < 1.29 is 0 Å². The lowest BCUT2D eigenvalue weighted by Crippen LogP contribution is -2.29.